The number of H-pyrrole nitrogens is 1. The number of rotatable bonds is 7. The van der Waals surface area contributed by atoms with Gasteiger partial charge in [0.25, 0.3) is 0 Å². The Bertz CT molecular complexity index is 733. The Kier molecular flexibility index (Phi) is 5.30. The summed E-state index contributed by atoms with van der Waals surface area (Å²) in [7, 11) is 0. The molecule has 3 rings (SSSR count). The minimum atomic E-state index is -0.228. The summed E-state index contributed by atoms with van der Waals surface area (Å²) in [4.78, 5) is 16.3. The van der Waals surface area contributed by atoms with Crippen LogP contribution in [0, 0.1) is 6.92 Å². The van der Waals surface area contributed by atoms with Crippen molar-refractivity contribution >= 4 is 29.3 Å². The molecule has 0 saturated heterocycles. The van der Waals surface area contributed by atoms with E-state index in [-0.39, 0.29) is 17.8 Å². The van der Waals surface area contributed by atoms with Crippen molar-refractivity contribution in [3.05, 3.63) is 34.6 Å². The van der Waals surface area contributed by atoms with Gasteiger partial charge in [0.05, 0.1) is 5.25 Å². The Morgan fingerprint density at radius 2 is 2.33 bits per heavy atom. The molecule has 8 heteroatoms. The molecule has 1 heterocycles. The van der Waals surface area contributed by atoms with Gasteiger partial charge in [-0.2, -0.15) is 0 Å². The number of aromatic amines is 1. The monoisotopic (exact) mass is 366 g/mol. The van der Waals surface area contributed by atoms with E-state index >= 15 is 0 Å². The number of carbonyl (C=O) groups excluding carboxylic acids is 1. The Balaban J connectivity index is 1.51. The van der Waals surface area contributed by atoms with Gasteiger partial charge in [-0.25, -0.2) is 4.98 Å². The van der Waals surface area contributed by atoms with Crippen molar-refractivity contribution in [2.75, 3.05) is 0 Å². The third kappa shape index (κ3) is 4.64. The summed E-state index contributed by atoms with van der Waals surface area (Å²) in [5, 5.41) is 11.0. The smallest absolute Gasteiger partial charge is 0.233 e. The minimum absolute atomic E-state index is 0.0294. The maximum Gasteiger partial charge on any atom is 0.233 e. The van der Waals surface area contributed by atoms with Crippen LogP contribution >= 0.6 is 23.4 Å². The summed E-state index contributed by atoms with van der Waals surface area (Å²) in [6, 6.07) is 5.85. The summed E-state index contributed by atoms with van der Waals surface area (Å²) in [6.45, 7) is 4.05. The Morgan fingerprint density at radius 3 is 3.04 bits per heavy atom. The average Bonchev–Trinajstić information content (AvgIpc) is 3.25. The van der Waals surface area contributed by atoms with Crippen LogP contribution in [0.5, 0.6) is 5.75 Å². The van der Waals surface area contributed by atoms with E-state index in [0.717, 1.165) is 24.2 Å². The number of benzene rings is 1. The van der Waals surface area contributed by atoms with Crippen molar-refractivity contribution < 1.29 is 9.53 Å². The van der Waals surface area contributed by atoms with Crippen LogP contribution in [-0.4, -0.2) is 32.4 Å². The molecule has 1 fully saturated rings. The SMILES string of the molecule is Cc1cc(OCc2nc(S[C@@H](C)C(=O)NC3CC3)n[nH]2)ccc1Cl. The van der Waals surface area contributed by atoms with Crippen LogP contribution in [0.1, 0.15) is 31.2 Å². The van der Waals surface area contributed by atoms with Crippen molar-refractivity contribution in [2.24, 2.45) is 0 Å². The lowest BCUT2D eigenvalue weighted by atomic mass is 10.2. The van der Waals surface area contributed by atoms with Gasteiger partial charge >= 0.3 is 0 Å². The number of amides is 1. The number of ether oxygens (including phenoxy) is 1. The molecule has 24 heavy (non-hydrogen) atoms. The number of nitrogens with one attached hydrogen (secondary N) is 2. The molecule has 0 bridgehead atoms. The fraction of sp³-hybridized carbons (Fsp3) is 0.438. The molecule has 128 valence electrons. The van der Waals surface area contributed by atoms with Gasteiger partial charge in [-0.15, -0.1) is 5.10 Å². The van der Waals surface area contributed by atoms with E-state index in [0.29, 0.717) is 22.0 Å². The highest BCUT2D eigenvalue weighted by atomic mass is 35.5. The second-order valence-corrected chi connectivity index (χ2v) is 7.52. The summed E-state index contributed by atoms with van der Waals surface area (Å²) in [6.07, 6.45) is 2.16. The highest BCUT2D eigenvalue weighted by Crippen LogP contribution is 2.24. The highest BCUT2D eigenvalue weighted by Gasteiger charge is 2.26. The van der Waals surface area contributed by atoms with Gasteiger partial charge in [0.15, 0.2) is 5.82 Å². The van der Waals surface area contributed by atoms with Gasteiger partial charge in [0, 0.05) is 11.1 Å². The molecule has 2 N–H and O–H groups in total. The molecule has 0 unspecified atom stereocenters. The number of aromatic nitrogens is 3. The molecule has 1 amide bonds. The molecule has 0 radical (unpaired) electrons. The molecule has 1 aromatic carbocycles. The fourth-order valence-corrected chi connectivity index (χ4v) is 2.88. The second-order valence-electron chi connectivity index (χ2n) is 5.81. The van der Waals surface area contributed by atoms with Crippen molar-refractivity contribution in [1.82, 2.24) is 20.5 Å². The molecule has 0 aliphatic heterocycles. The predicted octanol–water partition coefficient (Wildman–Crippen LogP) is 3.10. The number of carbonyl (C=O) groups is 1. The van der Waals surface area contributed by atoms with Gasteiger partial charge in [-0.3, -0.25) is 9.89 Å². The van der Waals surface area contributed by atoms with Crippen molar-refractivity contribution in [3.8, 4) is 5.75 Å². The van der Waals surface area contributed by atoms with E-state index in [2.05, 4.69) is 20.5 Å². The number of halogens is 1. The summed E-state index contributed by atoms with van der Waals surface area (Å²) < 4.78 is 5.67. The molecule has 1 aliphatic carbocycles. The van der Waals surface area contributed by atoms with E-state index in [9.17, 15) is 4.79 Å². The maximum atomic E-state index is 11.9. The van der Waals surface area contributed by atoms with Gasteiger partial charge in [-0.05, 0) is 50.5 Å². The zero-order chi connectivity index (χ0) is 17.1. The predicted molar refractivity (Wildman–Crippen MR) is 93.4 cm³/mol. The summed E-state index contributed by atoms with van der Waals surface area (Å²) in [5.74, 6) is 1.36. The van der Waals surface area contributed by atoms with Crippen LogP contribution < -0.4 is 10.1 Å². The number of hydrogen-bond donors (Lipinski definition) is 2. The van der Waals surface area contributed by atoms with Gasteiger partial charge in [0.2, 0.25) is 11.1 Å². The van der Waals surface area contributed by atoms with Crippen LogP contribution in [0.15, 0.2) is 23.4 Å². The van der Waals surface area contributed by atoms with Crippen LogP contribution in [0.25, 0.3) is 0 Å². The third-order valence-corrected chi connectivity index (χ3v) is 4.98. The lowest BCUT2D eigenvalue weighted by molar-refractivity contribution is -0.120. The zero-order valence-corrected chi connectivity index (χ0v) is 15.1. The zero-order valence-electron chi connectivity index (χ0n) is 13.5. The average molecular weight is 367 g/mol. The standard InChI is InChI=1S/C16H19ClN4O2S/c1-9-7-12(5-6-13(9)17)23-8-14-19-16(21-20-14)24-10(2)15(22)18-11-3-4-11/h5-7,10-11H,3-4,8H2,1-2H3,(H,18,22)(H,19,20,21)/t10-/m0/s1. The first kappa shape index (κ1) is 17.1. The quantitative estimate of drug-likeness (QED) is 0.736. The van der Waals surface area contributed by atoms with Crippen LogP contribution in [0.2, 0.25) is 5.02 Å². The molecule has 1 aromatic heterocycles. The van der Waals surface area contributed by atoms with Gasteiger partial charge in [0.1, 0.15) is 12.4 Å². The van der Waals surface area contributed by atoms with Gasteiger partial charge in [-0.1, -0.05) is 23.4 Å². The van der Waals surface area contributed by atoms with Crippen molar-refractivity contribution in [3.63, 3.8) is 0 Å². The van der Waals surface area contributed by atoms with Crippen LogP contribution in [0.3, 0.4) is 0 Å². The molecule has 6 nitrogen and oxygen atoms in total. The van der Waals surface area contributed by atoms with E-state index in [4.69, 9.17) is 16.3 Å². The molecular formula is C16H19ClN4O2S. The summed E-state index contributed by atoms with van der Waals surface area (Å²) >= 11 is 7.32. The third-order valence-electron chi connectivity index (χ3n) is 3.59. The minimum Gasteiger partial charge on any atom is -0.486 e. The molecule has 0 spiro atoms. The molecule has 2 aromatic rings. The largest absolute Gasteiger partial charge is 0.486 e. The molecule has 1 atom stereocenters. The maximum absolute atomic E-state index is 11.9. The van der Waals surface area contributed by atoms with E-state index < -0.39 is 0 Å². The Morgan fingerprint density at radius 1 is 1.54 bits per heavy atom. The van der Waals surface area contributed by atoms with Crippen molar-refractivity contribution in [1.29, 1.82) is 0 Å². The lowest BCUT2D eigenvalue weighted by Crippen LogP contribution is -2.32. The first-order valence-electron chi connectivity index (χ1n) is 7.78. The number of aryl methyl sites for hydroxylation is 1. The first-order chi connectivity index (χ1) is 11.5. The fourth-order valence-electron chi connectivity index (χ4n) is 2.01. The Labute approximate surface area is 149 Å². The highest BCUT2D eigenvalue weighted by molar-refractivity contribution is 8.00. The molecular weight excluding hydrogens is 348 g/mol. The second kappa shape index (κ2) is 7.44. The van der Waals surface area contributed by atoms with E-state index in [1.54, 1.807) is 6.07 Å². The summed E-state index contributed by atoms with van der Waals surface area (Å²) in [5.41, 5.74) is 0.957. The van der Waals surface area contributed by atoms with Gasteiger partial charge < -0.3 is 10.1 Å². The number of thioether (sulfide) groups is 1. The lowest BCUT2D eigenvalue weighted by Gasteiger charge is -2.08. The van der Waals surface area contributed by atoms with Crippen LogP contribution in [-0.2, 0) is 11.4 Å². The van der Waals surface area contributed by atoms with E-state index in [1.165, 1.54) is 11.8 Å². The topological polar surface area (TPSA) is 79.9 Å². The Hall–Kier alpha value is -1.73. The first-order valence-corrected chi connectivity index (χ1v) is 9.04. The van der Waals surface area contributed by atoms with E-state index in [1.807, 2.05) is 26.0 Å². The molecule has 1 aliphatic rings. The number of hydrogen-bond acceptors (Lipinski definition) is 5. The van der Waals surface area contributed by atoms with Crippen LogP contribution in [0.4, 0.5) is 0 Å². The normalized spacial score (nSPS) is 15.1. The van der Waals surface area contributed by atoms with Crippen molar-refractivity contribution in [2.45, 2.75) is 49.7 Å². The number of nitrogens with zero attached hydrogens (tertiary/aromatic N) is 2. The molecule has 1 saturated carbocycles.